The van der Waals surface area contributed by atoms with Crippen molar-refractivity contribution in [3.63, 3.8) is 0 Å². The maximum atomic E-state index is 12.7. The number of alkyl halides is 3. The van der Waals surface area contributed by atoms with Gasteiger partial charge in [-0.15, -0.1) is 0 Å². The van der Waals surface area contributed by atoms with Crippen LogP contribution < -0.4 is 4.90 Å². The van der Waals surface area contributed by atoms with Crippen molar-refractivity contribution in [3.8, 4) is 0 Å². The summed E-state index contributed by atoms with van der Waals surface area (Å²) in [5, 5.41) is 8.47. The maximum Gasteiger partial charge on any atom is 0.419 e. The van der Waals surface area contributed by atoms with E-state index < -0.39 is 17.7 Å². The number of carboxylic acid groups (broad SMARTS) is 1. The van der Waals surface area contributed by atoms with Gasteiger partial charge in [-0.2, -0.15) is 13.2 Å². The SMILES string of the molecule is CN(CCCC(=O)O)c1ncccc1C(F)(F)F. The zero-order valence-electron chi connectivity index (χ0n) is 9.74. The zero-order valence-corrected chi connectivity index (χ0v) is 9.74. The molecule has 4 nitrogen and oxygen atoms in total. The molecule has 1 aromatic rings. The molecule has 7 heteroatoms. The second kappa shape index (κ2) is 5.70. The number of hydrogen-bond donors (Lipinski definition) is 1. The van der Waals surface area contributed by atoms with Gasteiger partial charge in [0.05, 0.1) is 5.56 Å². The maximum absolute atomic E-state index is 12.7. The van der Waals surface area contributed by atoms with Gasteiger partial charge in [-0.1, -0.05) is 0 Å². The van der Waals surface area contributed by atoms with E-state index >= 15 is 0 Å². The fraction of sp³-hybridized carbons (Fsp3) is 0.455. The van der Waals surface area contributed by atoms with Crippen LogP contribution in [0.5, 0.6) is 0 Å². The van der Waals surface area contributed by atoms with Gasteiger partial charge in [-0.25, -0.2) is 4.98 Å². The van der Waals surface area contributed by atoms with Gasteiger partial charge in [0, 0.05) is 26.2 Å². The lowest BCUT2D eigenvalue weighted by Gasteiger charge is -2.21. The van der Waals surface area contributed by atoms with Crippen LogP contribution in [0.2, 0.25) is 0 Å². The van der Waals surface area contributed by atoms with Crippen LogP contribution in [0.25, 0.3) is 0 Å². The van der Waals surface area contributed by atoms with Crippen LogP contribution in [0, 0.1) is 0 Å². The molecule has 1 heterocycles. The van der Waals surface area contributed by atoms with Gasteiger partial charge in [0.1, 0.15) is 5.82 Å². The predicted octanol–water partition coefficient (Wildman–Crippen LogP) is 2.40. The van der Waals surface area contributed by atoms with Gasteiger partial charge < -0.3 is 10.0 Å². The molecule has 1 aromatic heterocycles. The quantitative estimate of drug-likeness (QED) is 0.885. The number of rotatable bonds is 5. The summed E-state index contributed by atoms with van der Waals surface area (Å²) in [6.45, 7) is 0.201. The van der Waals surface area contributed by atoms with Crippen LogP contribution in [-0.2, 0) is 11.0 Å². The van der Waals surface area contributed by atoms with Gasteiger partial charge in [0.25, 0.3) is 0 Å². The van der Waals surface area contributed by atoms with Crippen molar-refractivity contribution in [2.75, 3.05) is 18.5 Å². The Labute approximate surface area is 102 Å². The molecule has 0 radical (unpaired) electrons. The van der Waals surface area contributed by atoms with Crippen molar-refractivity contribution in [2.45, 2.75) is 19.0 Å². The molecular formula is C11H13F3N2O2. The van der Waals surface area contributed by atoms with Gasteiger partial charge in [-0.3, -0.25) is 4.79 Å². The number of aromatic nitrogens is 1. The van der Waals surface area contributed by atoms with Crippen molar-refractivity contribution in [3.05, 3.63) is 23.9 Å². The molecule has 0 bridgehead atoms. The van der Waals surface area contributed by atoms with Crippen LogP contribution in [0.1, 0.15) is 18.4 Å². The zero-order chi connectivity index (χ0) is 13.8. The molecule has 0 fully saturated rings. The number of halogens is 3. The minimum absolute atomic E-state index is 0.0848. The Morgan fingerprint density at radius 2 is 2.17 bits per heavy atom. The Morgan fingerprint density at radius 1 is 1.50 bits per heavy atom. The fourth-order valence-electron chi connectivity index (χ4n) is 1.50. The number of carbonyl (C=O) groups is 1. The Hall–Kier alpha value is -1.79. The van der Waals surface area contributed by atoms with Crippen molar-refractivity contribution in [1.82, 2.24) is 4.98 Å². The lowest BCUT2D eigenvalue weighted by atomic mass is 10.2. The van der Waals surface area contributed by atoms with E-state index in [0.29, 0.717) is 0 Å². The van der Waals surface area contributed by atoms with E-state index in [9.17, 15) is 18.0 Å². The number of aliphatic carboxylic acids is 1. The highest BCUT2D eigenvalue weighted by atomic mass is 19.4. The highest BCUT2D eigenvalue weighted by Gasteiger charge is 2.34. The van der Waals surface area contributed by atoms with Gasteiger partial charge >= 0.3 is 12.1 Å². The molecule has 0 saturated carbocycles. The van der Waals surface area contributed by atoms with E-state index in [-0.39, 0.29) is 25.2 Å². The van der Waals surface area contributed by atoms with E-state index in [4.69, 9.17) is 5.11 Å². The number of pyridine rings is 1. The van der Waals surface area contributed by atoms with Crippen LogP contribution in [0.4, 0.5) is 19.0 Å². The molecule has 0 aliphatic heterocycles. The van der Waals surface area contributed by atoms with Gasteiger partial charge in [-0.05, 0) is 18.6 Å². The summed E-state index contributed by atoms with van der Waals surface area (Å²) in [5.41, 5.74) is -0.817. The third kappa shape index (κ3) is 3.90. The third-order valence-corrected chi connectivity index (χ3v) is 2.34. The summed E-state index contributed by atoms with van der Waals surface area (Å²) in [6, 6.07) is 2.17. The molecule has 1 N–H and O–H groups in total. The topological polar surface area (TPSA) is 53.4 Å². The van der Waals surface area contributed by atoms with Gasteiger partial charge in [0.2, 0.25) is 0 Å². The summed E-state index contributed by atoms with van der Waals surface area (Å²) in [5.74, 6) is -1.16. The Kier molecular flexibility index (Phi) is 4.52. The van der Waals surface area contributed by atoms with Crippen molar-refractivity contribution in [1.29, 1.82) is 0 Å². The van der Waals surface area contributed by atoms with Crippen LogP contribution in [-0.4, -0.2) is 29.7 Å². The molecule has 0 aromatic carbocycles. The highest BCUT2D eigenvalue weighted by molar-refractivity contribution is 5.66. The number of carboxylic acids is 1. The number of nitrogens with zero attached hydrogens (tertiary/aromatic N) is 2. The van der Waals surface area contributed by atoms with Crippen molar-refractivity contribution >= 4 is 11.8 Å². The van der Waals surface area contributed by atoms with Crippen molar-refractivity contribution in [2.24, 2.45) is 0 Å². The molecular weight excluding hydrogens is 249 g/mol. The first-order valence-corrected chi connectivity index (χ1v) is 5.27. The number of hydrogen-bond acceptors (Lipinski definition) is 3. The normalized spacial score (nSPS) is 11.3. The standard InChI is InChI=1S/C11H13F3N2O2/c1-16(7-3-5-9(17)18)10-8(11(12,13)14)4-2-6-15-10/h2,4,6H,3,5,7H2,1H3,(H,17,18). The monoisotopic (exact) mass is 262 g/mol. The molecule has 0 aliphatic carbocycles. The Morgan fingerprint density at radius 3 is 2.72 bits per heavy atom. The van der Waals surface area contributed by atoms with E-state index in [1.54, 1.807) is 0 Å². The fourth-order valence-corrected chi connectivity index (χ4v) is 1.50. The van der Waals surface area contributed by atoms with Crippen LogP contribution in [0.15, 0.2) is 18.3 Å². The second-order valence-electron chi connectivity index (χ2n) is 3.79. The van der Waals surface area contributed by atoms with Crippen LogP contribution in [0.3, 0.4) is 0 Å². The summed E-state index contributed by atoms with van der Waals surface area (Å²) in [4.78, 5) is 15.3. The predicted molar refractivity (Wildman–Crippen MR) is 59.4 cm³/mol. The summed E-state index contributed by atoms with van der Waals surface area (Å²) in [6.07, 6.45) is -3.01. The van der Waals surface area contributed by atoms with E-state index in [1.807, 2.05) is 0 Å². The molecule has 0 aliphatic rings. The Bertz CT molecular complexity index is 421. The minimum atomic E-state index is -4.47. The molecule has 0 unspecified atom stereocenters. The Balaban J connectivity index is 2.79. The smallest absolute Gasteiger partial charge is 0.419 e. The average Bonchev–Trinajstić information content (AvgIpc) is 2.27. The molecule has 100 valence electrons. The van der Waals surface area contributed by atoms with E-state index in [0.717, 1.165) is 6.07 Å². The minimum Gasteiger partial charge on any atom is -0.481 e. The van der Waals surface area contributed by atoms with E-state index in [1.165, 1.54) is 24.2 Å². The average molecular weight is 262 g/mol. The van der Waals surface area contributed by atoms with Crippen LogP contribution >= 0.6 is 0 Å². The molecule has 0 amide bonds. The molecule has 0 saturated heterocycles. The molecule has 18 heavy (non-hydrogen) atoms. The lowest BCUT2D eigenvalue weighted by molar-refractivity contribution is -0.138. The van der Waals surface area contributed by atoms with E-state index in [2.05, 4.69) is 4.98 Å². The lowest BCUT2D eigenvalue weighted by Crippen LogP contribution is -2.24. The largest absolute Gasteiger partial charge is 0.481 e. The molecule has 0 spiro atoms. The molecule has 1 rings (SSSR count). The first-order valence-electron chi connectivity index (χ1n) is 5.27. The molecule has 0 atom stereocenters. The van der Waals surface area contributed by atoms with Crippen molar-refractivity contribution < 1.29 is 23.1 Å². The third-order valence-electron chi connectivity index (χ3n) is 2.34. The first kappa shape index (κ1) is 14.3. The summed E-state index contributed by atoms with van der Waals surface area (Å²) in [7, 11) is 1.46. The van der Waals surface area contributed by atoms with Gasteiger partial charge in [0.15, 0.2) is 0 Å². The summed E-state index contributed by atoms with van der Waals surface area (Å²) < 4.78 is 38.1. The highest BCUT2D eigenvalue weighted by Crippen LogP contribution is 2.34. The number of anilines is 1. The first-order chi connectivity index (χ1) is 8.32. The second-order valence-corrected chi connectivity index (χ2v) is 3.79. The summed E-state index contributed by atoms with van der Waals surface area (Å²) >= 11 is 0.